The van der Waals surface area contributed by atoms with Crippen LogP contribution in [0.4, 0.5) is 0 Å². The van der Waals surface area contributed by atoms with E-state index in [0.717, 1.165) is 28.7 Å². The Bertz CT molecular complexity index is 1280. The van der Waals surface area contributed by atoms with Crippen molar-refractivity contribution < 1.29 is 28.5 Å². The molecule has 0 aliphatic carbocycles. The van der Waals surface area contributed by atoms with Gasteiger partial charge in [-0.25, -0.2) is 0 Å². The SMILES string of the molecule is CCC(C)Oc1c(OC)cc(/C=C/c2ccc(/C=C/c3cc(C=O)c(OC(C)C)c(C=O)c3)cc2)cc1OC. The molecule has 0 aliphatic rings. The predicted molar refractivity (Wildman–Crippen MR) is 157 cm³/mol. The number of hydrogen-bond donors (Lipinski definition) is 0. The summed E-state index contributed by atoms with van der Waals surface area (Å²) < 4.78 is 22.8. The van der Waals surface area contributed by atoms with Crippen molar-refractivity contribution in [2.75, 3.05) is 14.2 Å². The van der Waals surface area contributed by atoms with Gasteiger partial charge in [0, 0.05) is 0 Å². The number of carbonyl (C=O) groups excluding carboxylic acids is 2. The van der Waals surface area contributed by atoms with Gasteiger partial charge in [0.15, 0.2) is 24.1 Å². The average molecular weight is 529 g/mol. The van der Waals surface area contributed by atoms with Gasteiger partial charge in [-0.1, -0.05) is 55.5 Å². The Morgan fingerprint density at radius 1 is 0.641 bits per heavy atom. The van der Waals surface area contributed by atoms with Gasteiger partial charge in [-0.3, -0.25) is 9.59 Å². The Kier molecular flexibility index (Phi) is 10.5. The molecule has 3 aromatic carbocycles. The lowest BCUT2D eigenvalue weighted by Crippen LogP contribution is -2.11. The highest BCUT2D eigenvalue weighted by atomic mass is 16.5. The highest BCUT2D eigenvalue weighted by Gasteiger charge is 2.16. The molecule has 204 valence electrons. The molecule has 0 aliphatic heterocycles. The largest absolute Gasteiger partial charge is 0.493 e. The van der Waals surface area contributed by atoms with Crippen LogP contribution in [0, 0.1) is 0 Å². The van der Waals surface area contributed by atoms with Crippen molar-refractivity contribution >= 4 is 36.9 Å². The lowest BCUT2D eigenvalue weighted by molar-refractivity contribution is 0.111. The maximum atomic E-state index is 11.6. The number of rotatable bonds is 13. The van der Waals surface area contributed by atoms with E-state index in [1.54, 1.807) is 26.4 Å². The third-order valence-electron chi connectivity index (χ3n) is 6.03. The van der Waals surface area contributed by atoms with Crippen LogP contribution in [0.5, 0.6) is 23.0 Å². The summed E-state index contributed by atoms with van der Waals surface area (Å²) in [7, 11) is 3.23. The van der Waals surface area contributed by atoms with Gasteiger partial charge in [0.25, 0.3) is 0 Å². The molecule has 1 unspecified atom stereocenters. The second-order valence-corrected chi connectivity index (χ2v) is 9.36. The van der Waals surface area contributed by atoms with Gasteiger partial charge in [0.05, 0.1) is 37.6 Å². The summed E-state index contributed by atoms with van der Waals surface area (Å²) >= 11 is 0. The van der Waals surface area contributed by atoms with Crippen LogP contribution in [0.1, 0.15) is 77.1 Å². The molecule has 0 saturated heterocycles. The van der Waals surface area contributed by atoms with Crippen molar-refractivity contribution in [3.05, 3.63) is 81.9 Å². The van der Waals surface area contributed by atoms with E-state index < -0.39 is 0 Å². The van der Waals surface area contributed by atoms with Crippen LogP contribution in [0.3, 0.4) is 0 Å². The fourth-order valence-corrected chi connectivity index (χ4v) is 3.84. The first-order valence-corrected chi connectivity index (χ1v) is 13.0. The maximum Gasteiger partial charge on any atom is 0.203 e. The van der Waals surface area contributed by atoms with Crippen molar-refractivity contribution in [1.82, 2.24) is 0 Å². The molecule has 0 amide bonds. The molecule has 0 aromatic heterocycles. The van der Waals surface area contributed by atoms with E-state index in [0.29, 0.717) is 46.7 Å². The monoisotopic (exact) mass is 528 g/mol. The van der Waals surface area contributed by atoms with Gasteiger partial charge in [-0.2, -0.15) is 0 Å². The molecule has 39 heavy (non-hydrogen) atoms. The zero-order chi connectivity index (χ0) is 28.4. The summed E-state index contributed by atoms with van der Waals surface area (Å²) in [5, 5.41) is 0. The van der Waals surface area contributed by atoms with Gasteiger partial charge in [0.1, 0.15) is 5.75 Å². The Hall–Kier alpha value is -4.32. The van der Waals surface area contributed by atoms with Gasteiger partial charge in [-0.05, 0) is 73.7 Å². The predicted octanol–water partition coefficient (Wildman–Crippen LogP) is 7.63. The van der Waals surface area contributed by atoms with Crippen molar-refractivity contribution in [1.29, 1.82) is 0 Å². The smallest absolute Gasteiger partial charge is 0.203 e. The average Bonchev–Trinajstić information content (AvgIpc) is 2.95. The summed E-state index contributed by atoms with van der Waals surface area (Å²) in [5.41, 5.74) is 4.35. The second kappa shape index (κ2) is 14.0. The quantitative estimate of drug-likeness (QED) is 0.168. The Labute approximate surface area is 230 Å². The highest BCUT2D eigenvalue weighted by molar-refractivity contribution is 5.91. The Morgan fingerprint density at radius 2 is 1.08 bits per heavy atom. The van der Waals surface area contributed by atoms with Crippen LogP contribution in [0.15, 0.2) is 48.5 Å². The number of ether oxygens (including phenoxy) is 4. The van der Waals surface area contributed by atoms with E-state index in [9.17, 15) is 9.59 Å². The molecule has 1 atom stereocenters. The summed E-state index contributed by atoms with van der Waals surface area (Å²) in [4.78, 5) is 23.2. The molecule has 0 fully saturated rings. The lowest BCUT2D eigenvalue weighted by Gasteiger charge is -2.18. The number of carbonyl (C=O) groups is 2. The van der Waals surface area contributed by atoms with Crippen LogP contribution < -0.4 is 18.9 Å². The minimum atomic E-state index is -0.150. The third kappa shape index (κ3) is 7.84. The lowest BCUT2D eigenvalue weighted by atomic mass is 10.0. The normalized spacial score (nSPS) is 12.1. The van der Waals surface area contributed by atoms with E-state index in [-0.39, 0.29) is 12.2 Å². The van der Waals surface area contributed by atoms with Crippen LogP contribution in [-0.2, 0) is 0 Å². The molecule has 0 radical (unpaired) electrons. The third-order valence-corrected chi connectivity index (χ3v) is 6.03. The van der Waals surface area contributed by atoms with Crippen LogP contribution in [-0.4, -0.2) is 39.0 Å². The summed E-state index contributed by atoms with van der Waals surface area (Å²) in [5.74, 6) is 2.16. The van der Waals surface area contributed by atoms with Crippen LogP contribution >= 0.6 is 0 Å². The number of benzene rings is 3. The first-order valence-electron chi connectivity index (χ1n) is 13.0. The molecule has 0 bridgehead atoms. The number of methoxy groups -OCH3 is 2. The molecule has 0 saturated carbocycles. The van der Waals surface area contributed by atoms with E-state index in [4.69, 9.17) is 18.9 Å². The molecule has 0 N–H and O–H groups in total. The van der Waals surface area contributed by atoms with E-state index in [1.165, 1.54) is 0 Å². The zero-order valence-corrected chi connectivity index (χ0v) is 23.4. The van der Waals surface area contributed by atoms with Crippen molar-refractivity contribution in [2.24, 2.45) is 0 Å². The summed E-state index contributed by atoms with van der Waals surface area (Å²) in [6.45, 7) is 7.77. The van der Waals surface area contributed by atoms with E-state index in [1.807, 2.05) is 81.5 Å². The fraction of sp³-hybridized carbons (Fsp3) is 0.273. The highest BCUT2D eigenvalue weighted by Crippen LogP contribution is 2.40. The van der Waals surface area contributed by atoms with Gasteiger partial charge < -0.3 is 18.9 Å². The summed E-state index contributed by atoms with van der Waals surface area (Å²) in [6, 6.07) is 15.3. The maximum absolute atomic E-state index is 11.6. The zero-order valence-electron chi connectivity index (χ0n) is 23.4. The number of aldehydes is 2. The second-order valence-electron chi connectivity index (χ2n) is 9.36. The molecule has 3 rings (SSSR count). The van der Waals surface area contributed by atoms with Crippen LogP contribution in [0.2, 0.25) is 0 Å². The molecule has 6 heteroatoms. The molecule has 0 spiro atoms. The fourth-order valence-electron chi connectivity index (χ4n) is 3.84. The topological polar surface area (TPSA) is 71.1 Å². The van der Waals surface area contributed by atoms with Crippen molar-refractivity contribution in [3.63, 3.8) is 0 Å². The molecule has 3 aromatic rings. The molecular formula is C33H36O6. The van der Waals surface area contributed by atoms with E-state index in [2.05, 4.69) is 6.92 Å². The standard InChI is InChI=1S/C33H36O6/c1-7-23(4)39-33-30(36-5)18-27(19-31(33)37-6)15-13-25-10-8-24(9-11-25)12-14-26-16-28(20-34)32(38-22(2)3)29(17-26)21-35/h8-23H,7H2,1-6H3/b14-12+,15-13+. The molecule has 6 nitrogen and oxygen atoms in total. The summed E-state index contributed by atoms with van der Waals surface area (Å²) in [6.07, 6.45) is 9.98. The van der Waals surface area contributed by atoms with Gasteiger partial charge in [-0.15, -0.1) is 0 Å². The first kappa shape index (κ1) is 29.2. The Morgan fingerprint density at radius 3 is 1.46 bits per heavy atom. The molecular weight excluding hydrogens is 492 g/mol. The number of hydrogen-bond acceptors (Lipinski definition) is 6. The van der Waals surface area contributed by atoms with Crippen molar-refractivity contribution in [3.8, 4) is 23.0 Å². The van der Waals surface area contributed by atoms with E-state index >= 15 is 0 Å². The van der Waals surface area contributed by atoms with Crippen LogP contribution in [0.25, 0.3) is 24.3 Å². The van der Waals surface area contributed by atoms with Gasteiger partial charge >= 0.3 is 0 Å². The molecule has 0 heterocycles. The van der Waals surface area contributed by atoms with Crippen molar-refractivity contribution in [2.45, 2.75) is 46.3 Å². The van der Waals surface area contributed by atoms with Gasteiger partial charge in [0.2, 0.25) is 5.75 Å². The minimum absolute atomic E-state index is 0.0409. The first-order chi connectivity index (χ1) is 18.8. The Balaban J connectivity index is 1.78. The minimum Gasteiger partial charge on any atom is -0.493 e.